The van der Waals surface area contributed by atoms with Crippen molar-refractivity contribution in [3.8, 4) is 16.8 Å². The quantitative estimate of drug-likeness (QED) is 0.314. The predicted octanol–water partition coefficient (Wildman–Crippen LogP) is 7.56. The molecule has 3 rings (SSSR count). The molecule has 0 saturated carbocycles. The molecule has 15 heteroatoms. The average Bonchev–Trinajstić information content (AvgIpc) is 3.19. The molecule has 35 heavy (non-hydrogen) atoms. The summed E-state index contributed by atoms with van der Waals surface area (Å²) < 4.78 is 93.9. The third-order valence-corrected chi connectivity index (χ3v) is 5.76. The number of halogens is 10. The summed E-state index contributed by atoms with van der Waals surface area (Å²) in [6.07, 6.45) is -11.4. The number of amides is 1. The van der Waals surface area contributed by atoms with Crippen LogP contribution in [0.1, 0.15) is 11.1 Å². The molecule has 1 aromatic heterocycles. The van der Waals surface area contributed by atoms with Crippen molar-refractivity contribution in [3.05, 3.63) is 68.9 Å². The van der Waals surface area contributed by atoms with Crippen molar-refractivity contribution >= 4 is 40.9 Å². The van der Waals surface area contributed by atoms with Crippen molar-refractivity contribution in [1.82, 2.24) is 15.1 Å². The van der Waals surface area contributed by atoms with Crippen LogP contribution in [-0.2, 0) is 12.2 Å². The van der Waals surface area contributed by atoms with Crippen LogP contribution in [0.5, 0.6) is 0 Å². The molecular formula is C20H11Cl3F7N3O2. The molecule has 188 valence electrons. The first-order valence-electron chi connectivity index (χ1n) is 9.18. The number of hydrogen-bond acceptors (Lipinski definition) is 2. The van der Waals surface area contributed by atoms with Gasteiger partial charge in [-0.3, -0.25) is 0 Å². The molecule has 0 radical (unpaired) electrons. The molecule has 2 N–H and O–H groups in total. The lowest BCUT2D eigenvalue weighted by Gasteiger charge is -2.30. The molecule has 1 amide bonds. The maximum absolute atomic E-state index is 14.4. The van der Waals surface area contributed by atoms with Crippen LogP contribution < -0.4 is 5.32 Å². The van der Waals surface area contributed by atoms with Crippen molar-refractivity contribution < 1.29 is 40.6 Å². The van der Waals surface area contributed by atoms with E-state index in [4.69, 9.17) is 39.9 Å². The van der Waals surface area contributed by atoms with Crippen LogP contribution in [0.2, 0.25) is 15.1 Å². The summed E-state index contributed by atoms with van der Waals surface area (Å²) in [6.45, 7) is -0.112. The van der Waals surface area contributed by atoms with Crippen molar-refractivity contribution in [2.24, 2.45) is 0 Å². The van der Waals surface area contributed by atoms with Crippen LogP contribution >= 0.6 is 34.8 Å². The number of carbonyl (C=O) groups is 1. The van der Waals surface area contributed by atoms with Crippen LogP contribution in [0, 0.1) is 0 Å². The molecule has 2 aromatic carbocycles. The first kappa shape index (κ1) is 26.9. The Bertz CT molecular complexity index is 1240. The van der Waals surface area contributed by atoms with E-state index in [1.165, 1.54) is 24.5 Å². The van der Waals surface area contributed by atoms with Gasteiger partial charge in [0, 0.05) is 28.9 Å². The SMILES string of the molecule is O=C(O)NCc1cc(-c2cnn(-c3c(Cl)cc(C(F)(C(F)(F)F)C(F)(F)F)cc3Cl)c2)ccc1Cl. The summed E-state index contributed by atoms with van der Waals surface area (Å²) in [6, 6.07) is 4.95. The highest BCUT2D eigenvalue weighted by Crippen LogP contribution is 2.54. The van der Waals surface area contributed by atoms with Gasteiger partial charge in [-0.1, -0.05) is 40.9 Å². The minimum Gasteiger partial charge on any atom is -0.465 e. The number of carboxylic acid groups (broad SMARTS) is 1. The van der Waals surface area contributed by atoms with Gasteiger partial charge in [0.2, 0.25) is 0 Å². The number of alkyl halides is 7. The second kappa shape index (κ2) is 9.40. The first-order chi connectivity index (χ1) is 16.1. The molecule has 0 bridgehead atoms. The Hall–Kier alpha value is -2.70. The van der Waals surface area contributed by atoms with Gasteiger partial charge in [0.05, 0.1) is 16.2 Å². The second-order valence-corrected chi connectivity index (χ2v) is 8.30. The number of hydrogen-bond donors (Lipinski definition) is 2. The maximum atomic E-state index is 14.4. The van der Waals surface area contributed by atoms with Gasteiger partial charge in [0.15, 0.2) is 0 Å². The van der Waals surface area contributed by atoms with E-state index in [0.717, 1.165) is 4.68 Å². The Balaban J connectivity index is 2.03. The monoisotopic (exact) mass is 563 g/mol. The first-order valence-corrected chi connectivity index (χ1v) is 10.3. The van der Waals surface area contributed by atoms with E-state index in [-0.39, 0.29) is 29.4 Å². The lowest BCUT2D eigenvalue weighted by molar-refractivity contribution is -0.348. The highest BCUT2D eigenvalue weighted by molar-refractivity contribution is 6.37. The summed E-state index contributed by atoms with van der Waals surface area (Å²) in [5.74, 6) is 0. The van der Waals surface area contributed by atoms with Crippen molar-refractivity contribution in [1.29, 1.82) is 0 Å². The van der Waals surface area contributed by atoms with Crippen LogP contribution in [-0.4, -0.2) is 33.3 Å². The van der Waals surface area contributed by atoms with Crippen LogP contribution in [0.15, 0.2) is 42.7 Å². The van der Waals surface area contributed by atoms with Gasteiger partial charge in [-0.25, -0.2) is 13.9 Å². The predicted molar refractivity (Wildman–Crippen MR) is 114 cm³/mol. The second-order valence-electron chi connectivity index (χ2n) is 7.08. The van der Waals surface area contributed by atoms with E-state index in [1.807, 2.05) is 0 Å². The van der Waals surface area contributed by atoms with Crippen LogP contribution in [0.4, 0.5) is 35.5 Å². The molecule has 0 fully saturated rings. The van der Waals surface area contributed by atoms with E-state index in [9.17, 15) is 35.5 Å². The zero-order chi connectivity index (χ0) is 26.3. The molecule has 0 saturated heterocycles. The Morgan fingerprint density at radius 1 is 0.914 bits per heavy atom. The van der Waals surface area contributed by atoms with Gasteiger partial charge < -0.3 is 10.4 Å². The summed E-state index contributed by atoms with van der Waals surface area (Å²) in [7, 11) is 0. The summed E-state index contributed by atoms with van der Waals surface area (Å²) >= 11 is 17.9. The van der Waals surface area contributed by atoms with Gasteiger partial charge >= 0.3 is 24.1 Å². The normalized spacial score (nSPS) is 12.6. The molecule has 0 unspecified atom stereocenters. The Morgan fingerprint density at radius 2 is 1.49 bits per heavy atom. The Morgan fingerprint density at radius 3 is 2.00 bits per heavy atom. The minimum absolute atomic E-state index is 0.112. The molecule has 0 aliphatic rings. The fraction of sp³-hybridized carbons (Fsp3) is 0.200. The number of rotatable bonds is 5. The van der Waals surface area contributed by atoms with E-state index in [1.54, 1.807) is 6.07 Å². The Labute approximate surface area is 207 Å². The number of benzene rings is 2. The fourth-order valence-corrected chi connectivity index (χ4v) is 3.97. The third kappa shape index (κ3) is 5.14. The fourth-order valence-electron chi connectivity index (χ4n) is 3.13. The smallest absolute Gasteiger partial charge is 0.435 e. The topological polar surface area (TPSA) is 67.2 Å². The van der Waals surface area contributed by atoms with E-state index >= 15 is 0 Å². The van der Waals surface area contributed by atoms with Crippen molar-refractivity contribution in [2.45, 2.75) is 24.6 Å². The lowest BCUT2D eigenvalue weighted by Crippen LogP contribution is -2.50. The van der Waals surface area contributed by atoms with Gasteiger partial charge in [-0.15, -0.1) is 0 Å². The van der Waals surface area contributed by atoms with E-state index in [0.29, 0.717) is 16.7 Å². The summed E-state index contributed by atoms with van der Waals surface area (Å²) in [5.41, 5.74) is -6.54. The molecule has 0 aliphatic heterocycles. The Kier molecular flexibility index (Phi) is 7.22. The highest BCUT2D eigenvalue weighted by Gasteiger charge is 2.73. The number of aromatic nitrogens is 2. The molecule has 0 spiro atoms. The minimum atomic E-state index is -6.33. The third-order valence-electron chi connectivity index (χ3n) is 4.82. The molecule has 1 heterocycles. The van der Waals surface area contributed by atoms with Crippen LogP contribution in [0.3, 0.4) is 0 Å². The molecule has 5 nitrogen and oxygen atoms in total. The van der Waals surface area contributed by atoms with E-state index < -0.39 is 39.7 Å². The lowest BCUT2D eigenvalue weighted by atomic mass is 9.94. The van der Waals surface area contributed by atoms with Gasteiger partial charge in [-0.05, 0) is 35.4 Å². The van der Waals surface area contributed by atoms with Crippen LogP contribution in [0.25, 0.3) is 16.8 Å². The van der Waals surface area contributed by atoms with E-state index in [2.05, 4.69) is 10.4 Å². The summed E-state index contributed by atoms with van der Waals surface area (Å²) in [5, 5.41) is 13.7. The molecule has 3 aromatic rings. The van der Waals surface area contributed by atoms with Gasteiger partial charge in [0.25, 0.3) is 0 Å². The molecular weight excluding hydrogens is 554 g/mol. The highest BCUT2D eigenvalue weighted by atomic mass is 35.5. The van der Waals surface area contributed by atoms with Crippen molar-refractivity contribution in [3.63, 3.8) is 0 Å². The number of nitrogens with one attached hydrogen (secondary N) is 1. The average molecular weight is 565 g/mol. The zero-order valence-electron chi connectivity index (χ0n) is 16.8. The summed E-state index contributed by atoms with van der Waals surface area (Å²) in [4.78, 5) is 10.7. The zero-order valence-corrected chi connectivity index (χ0v) is 19.0. The standard InChI is InChI=1S/C20H11Cl3F7N3O2/c21-13-2-1-9(3-10(13)6-31-17(34)35)11-7-32-33(8-11)16-14(22)4-12(5-15(16)23)18(24,19(25,26)27)20(28,29)30/h1-5,7-8,31H,6H2,(H,34,35). The van der Waals surface area contributed by atoms with Gasteiger partial charge in [-0.2, -0.15) is 31.4 Å². The molecule has 0 aliphatic carbocycles. The maximum Gasteiger partial charge on any atom is 0.435 e. The number of nitrogens with zero attached hydrogens (tertiary/aromatic N) is 2. The van der Waals surface area contributed by atoms with Gasteiger partial charge in [0.1, 0.15) is 5.69 Å². The largest absolute Gasteiger partial charge is 0.465 e. The van der Waals surface area contributed by atoms with Crippen molar-refractivity contribution in [2.75, 3.05) is 0 Å². The molecule has 0 atom stereocenters.